The molecule has 334 valence electrons. The van der Waals surface area contributed by atoms with Gasteiger partial charge in [-0.1, -0.05) is 43.2 Å². The van der Waals surface area contributed by atoms with E-state index in [1.807, 2.05) is 36.4 Å². The molecule has 3 aromatic carbocycles. The first-order chi connectivity index (χ1) is 30.7. The molecule has 1 saturated heterocycles. The molecule has 0 atom stereocenters. The molecule has 1 saturated carbocycles. The smallest absolute Gasteiger partial charge is 0.293 e. The molecule has 4 N–H and O–H groups in total. The van der Waals surface area contributed by atoms with Crippen LogP contribution in [0.1, 0.15) is 74.7 Å². The van der Waals surface area contributed by atoms with Crippen LogP contribution in [0.5, 0.6) is 0 Å². The zero-order valence-corrected chi connectivity index (χ0v) is 37.5. The zero-order chi connectivity index (χ0) is 44.8. The molecule has 15 nitrogen and oxygen atoms in total. The van der Waals surface area contributed by atoms with Crippen LogP contribution in [-0.4, -0.2) is 94.4 Å². The van der Waals surface area contributed by atoms with Crippen LogP contribution in [0, 0.1) is 21.4 Å². The Morgan fingerprint density at radius 3 is 2.52 bits per heavy atom. The Bertz CT molecular complexity index is 2880. The van der Waals surface area contributed by atoms with Gasteiger partial charge in [0, 0.05) is 67.6 Å². The van der Waals surface area contributed by atoms with Gasteiger partial charge in [0.2, 0.25) is 0 Å². The SMILES string of the molecule is CC1(C)CCC(CN2CCN(c3ccc(C(=O)NS(=O)(=O)c4ccc(NC[C@H]5CC[C@H](O)CC5)c([N+](=O)[O-])c4)c(-n4ncc5nc6[nH]ccc6cc54)c3)CC2)=C(c2ccc(Cl)cc2)C1. The normalized spacial score (nSPS) is 19.6. The first-order valence-corrected chi connectivity index (χ1v) is 23.7. The minimum absolute atomic E-state index is 0.0393. The summed E-state index contributed by atoms with van der Waals surface area (Å²) in [7, 11) is -4.58. The number of aromatic amines is 1. The van der Waals surface area contributed by atoms with Crippen LogP contribution in [0.25, 0.3) is 33.3 Å². The van der Waals surface area contributed by atoms with Crippen molar-refractivity contribution in [3.63, 3.8) is 0 Å². The van der Waals surface area contributed by atoms with Gasteiger partial charge in [0.05, 0.1) is 38.9 Å². The van der Waals surface area contributed by atoms with Crippen LogP contribution < -0.4 is 14.9 Å². The number of allylic oxidation sites excluding steroid dienone is 1. The van der Waals surface area contributed by atoms with E-state index in [-0.39, 0.29) is 28.7 Å². The Kier molecular flexibility index (Phi) is 12.0. The number of nitro groups is 1. The van der Waals surface area contributed by atoms with Crippen molar-refractivity contribution in [2.75, 3.05) is 49.5 Å². The van der Waals surface area contributed by atoms with E-state index >= 15 is 0 Å². The van der Waals surface area contributed by atoms with Crippen molar-refractivity contribution in [2.45, 2.75) is 69.8 Å². The number of carbonyl (C=O) groups excluding carboxylic acids is 1. The number of rotatable bonds is 12. The summed E-state index contributed by atoms with van der Waals surface area (Å²) in [6.07, 6.45) is 9.16. The minimum atomic E-state index is -4.58. The first-order valence-electron chi connectivity index (χ1n) is 21.9. The topological polar surface area (TPSA) is 192 Å². The number of fused-ring (bicyclic) bond motifs is 2. The molecule has 2 aliphatic carbocycles. The van der Waals surface area contributed by atoms with Crippen LogP contribution in [0.4, 0.5) is 17.1 Å². The van der Waals surface area contributed by atoms with Crippen molar-refractivity contribution in [1.29, 1.82) is 0 Å². The highest BCUT2D eigenvalue weighted by Crippen LogP contribution is 2.43. The van der Waals surface area contributed by atoms with Gasteiger partial charge in [-0.2, -0.15) is 5.10 Å². The Labute approximate surface area is 376 Å². The number of anilines is 2. The summed E-state index contributed by atoms with van der Waals surface area (Å²) >= 11 is 6.26. The van der Waals surface area contributed by atoms with E-state index < -0.39 is 31.4 Å². The predicted octanol–water partition coefficient (Wildman–Crippen LogP) is 8.33. The Morgan fingerprint density at radius 1 is 1.00 bits per heavy atom. The molecule has 9 rings (SSSR count). The summed E-state index contributed by atoms with van der Waals surface area (Å²) in [4.78, 5) is 37.9. The molecule has 0 spiro atoms. The summed E-state index contributed by atoms with van der Waals surface area (Å²) in [6, 6.07) is 20.8. The number of hydrogen-bond donors (Lipinski definition) is 4. The van der Waals surface area contributed by atoms with Gasteiger partial charge < -0.3 is 20.3 Å². The highest BCUT2D eigenvalue weighted by atomic mass is 35.5. The van der Waals surface area contributed by atoms with Gasteiger partial charge in [0.15, 0.2) is 0 Å². The second-order valence-electron chi connectivity index (χ2n) is 18.2. The van der Waals surface area contributed by atoms with E-state index in [9.17, 15) is 28.4 Å². The number of aliphatic hydroxyl groups is 1. The fourth-order valence-electron chi connectivity index (χ4n) is 9.42. The molecular weight excluding hydrogens is 854 g/mol. The Hall–Kier alpha value is -5.81. The summed E-state index contributed by atoms with van der Waals surface area (Å²) < 4.78 is 31.5. The Balaban J connectivity index is 0.970. The number of nitrogens with one attached hydrogen (secondary N) is 3. The molecule has 2 fully saturated rings. The van der Waals surface area contributed by atoms with Crippen LogP contribution in [0.3, 0.4) is 0 Å². The molecule has 0 radical (unpaired) electrons. The molecule has 1 amide bonds. The molecule has 6 aromatic rings. The monoisotopic (exact) mass is 905 g/mol. The summed E-state index contributed by atoms with van der Waals surface area (Å²) in [5, 5.41) is 31.3. The first kappa shape index (κ1) is 43.4. The van der Waals surface area contributed by atoms with E-state index in [0.29, 0.717) is 41.8 Å². The van der Waals surface area contributed by atoms with E-state index in [1.54, 1.807) is 23.1 Å². The summed E-state index contributed by atoms with van der Waals surface area (Å²) in [6.45, 7) is 9.10. The second kappa shape index (κ2) is 17.6. The minimum Gasteiger partial charge on any atom is -0.393 e. The van der Waals surface area contributed by atoms with Crippen LogP contribution in [-0.2, 0) is 10.0 Å². The number of benzene rings is 3. The van der Waals surface area contributed by atoms with Crippen LogP contribution in [0.2, 0.25) is 5.02 Å². The molecule has 1 aliphatic heterocycles. The Morgan fingerprint density at radius 2 is 1.77 bits per heavy atom. The maximum absolute atomic E-state index is 14.2. The van der Waals surface area contributed by atoms with Crippen molar-refractivity contribution in [3.8, 4) is 5.69 Å². The van der Waals surface area contributed by atoms with Crippen LogP contribution >= 0.6 is 11.6 Å². The molecule has 0 bridgehead atoms. The molecule has 3 aliphatic rings. The van der Waals surface area contributed by atoms with Gasteiger partial charge >= 0.3 is 0 Å². The third kappa shape index (κ3) is 9.23. The largest absolute Gasteiger partial charge is 0.393 e. The molecule has 0 unspecified atom stereocenters. The lowest BCUT2D eigenvalue weighted by molar-refractivity contribution is -0.384. The number of nitro benzene ring substituents is 1. The summed E-state index contributed by atoms with van der Waals surface area (Å²) in [5.41, 5.74) is 7.19. The van der Waals surface area contributed by atoms with Gasteiger partial charge in [0.1, 0.15) is 16.9 Å². The van der Waals surface area contributed by atoms with Crippen LogP contribution in [0.15, 0.2) is 95.7 Å². The molecular formula is C47H52ClN9O6S. The number of carbonyl (C=O) groups is 1. The third-order valence-corrected chi connectivity index (χ3v) is 14.7. The predicted molar refractivity (Wildman–Crippen MR) is 250 cm³/mol. The van der Waals surface area contributed by atoms with E-state index in [2.05, 4.69) is 55.9 Å². The average molecular weight is 907 g/mol. The number of amides is 1. The van der Waals surface area contributed by atoms with Crippen molar-refractivity contribution in [2.24, 2.45) is 11.3 Å². The third-order valence-electron chi connectivity index (χ3n) is 13.2. The van der Waals surface area contributed by atoms with Crippen molar-refractivity contribution in [3.05, 3.63) is 117 Å². The van der Waals surface area contributed by atoms with Gasteiger partial charge in [0.25, 0.3) is 21.6 Å². The van der Waals surface area contributed by atoms with Gasteiger partial charge in [-0.15, -0.1) is 0 Å². The van der Waals surface area contributed by atoms with Gasteiger partial charge in [-0.3, -0.25) is 19.8 Å². The second-order valence-corrected chi connectivity index (χ2v) is 20.3. The fourth-order valence-corrected chi connectivity index (χ4v) is 10.5. The number of aliphatic hydroxyl groups excluding tert-OH is 1. The zero-order valence-electron chi connectivity index (χ0n) is 35.9. The highest BCUT2D eigenvalue weighted by Gasteiger charge is 2.31. The van der Waals surface area contributed by atoms with E-state index in [1.165, 1.54) is 28.8 Å². The number of nitrogens with zero attached hydrogens (tertiary/aromatic N) is 6. The molecule has 64 heavy (non-hydrogen) atoms. The number of aromatic nitrogens is 4. The standard InChI is InChI=1S/C47H52ClN9O6S/c1-47(2)17-15-33(39(26-47)31-5-7-34(48)8-6-31)29-54-19-21-55(22-20-54)35-9-13-38(42(24-35)56-43-23-32-16-18-49-45(32)52-41(43)28-51-56)46(59)53-64(62,63)37-12-14-40(44(25-37)57(60)61)50-27-30-3-10-36(58)11-4-30/h5-9,12-14,16,18,23-25,28,30,36,50,58H,3-4,10-11,15,17,19-22,26-27,29H2,1-2H3,(H,49,52)(H,53,59)/t30-,36-. The quantitative estimate of drug-likeness (QED) is 0.0682. The molecule has 17 heteroatoms. The van der Waals surface area contributed by atoms with Crippen molar-refractivity contribution < 1.29 is 23.2 Å². The maximum atomic E-state index is 14.2. The number of hydrogen-bond acceptors (Lipinski definition) is 11. The van der Waals surface area contributed by atoms with E-state index in [0.717, 1.165) is 87.0 Å². The van der Waals surface area contributed by atoms with E-state index in [4.69, 9.17) is 16.6 Å². The lowest BCUT2D eigenvalue weighted by Gasteiger charge is -2.39. The van der Waals surface area contributed by atoms with Crippen molar-refractivity contribution >= 4 is 72.2 Å². The summed E-state index contributed by atoms with van der Waals surface area (Å²) in [5.74, 6) is -0.699. The number of H-pyrrole nitrogens is 1. The number of sulfonamides is 1. The average Bonchev–Trinajstić information content (AvgIpc) is 3.92. The van der Waals surface area contributed by atoms with Gasteiger partial charge in [-0.05, 0) is 122 Å². The molecule has 3 aromatic heterocycles. The number of piperazine rings is 1. The van der Waals surface area contributed by atoms with Crippen molar-refractivity contribution in [1.82, 2.24) is 29.4 Å². The number of pyridine rings is 1. The fraction of sp³-hybridized carbons (Fsp3) is 0.383. The van der Waals surface area contributed by atoms with Gasteiger partial charge in [-0.25, -0.2) is 22.8 Å². The highest BCUT2D eigenvalue weighted by molar-refractivity contribution is 7.90. The lowest BCUT2D eigenvalue weighted by atomic mass is 9.72. The molecule has 4 heterocycles. The maximum Gasteiger partial charge on any atom is 0.293 e. The lowest BCUT2D eigenvalue weighted by Crippen LogP contribution is -2.47. The number of halogens is 1.